The van der Waals surface area contributed by atoms with Crippen LogP contribution in [0.3, 0.4) is 0 Å². The first kappa shape index (κ1) is 19.8. The maximum Gasteiger partial charge on any atom is 0.259 e. The molecule has 0 bridgehead atoms. The minimum Gasteiger partial charge on any atom is -0.493 e. The maximum absolute atomic E-state index is 12.8. The molecular weight excluding hydrogens is 362 g/mol. The minimum absolute atomic E-state index is 0.0752. The molecule has 0 radical (unpaired) electrons. The smallest absolute Gasteiger partial charge is 0.259 e. The molecule has 3 rings (SSSR count). The summed E-state index contributed by atoms with van der Waals surface area (Å²) in [5.74, 6) is 1.60. The van der Waals surface area contributed by atoms with Crippen molar-refractivity contribution in [1.82, 2.24) is 0 Å². The average Bonchev–Trinajstić information content (AvgIpc) is 3.25. The quantitative estimate of drug-likeness (QED) is 0.747. The highest BCUT2D eigenvalue weighted by atomic mass is 16.5. The van der Waals surface area contributed by atoms with Gasteiger partial charge in [-0.3, -0.25) is 4.79 Å². The van der Waals surface area contributed by atoms with E-state index in [1.165, 1.54) is 21.3 Å². The van der Waals surface area contributed by atoms with Gasteiger partial charge in [0.25, 0.3) is 5.91 Å². The molecule has 1 amide bonds. The summed E-state index contributed by atoms with van der Waals surface area (Å²) in [4.78, 5) is 12.8. The molecule has 150 valence electrons. The van der Waals surface area contributed by atoms with E-state index in [2.05, 4.69) is 5.32 Å². The normalized spacial score (nSPS) is 15.8. The van der Waals surface area contributed by atoms with Crippen molar-refractivity contribution in [2.75, 3.05) is 39.9 Å². The minimum atomic E-state index is -0.294. The lowest BCUT2D eigenvalue weighted by molar-refractivity contribution is 0.0673. The highest BCUT2D eigenvalue weighted by Crippen LogP contribution is 2.40. The third-order valence-electron chi connectivity index (χ3n) is 4.50. The van der Waals surface area contributed by atoms with Gasteiger partial charge in [-0.15, -0.1) is 0 Å². The zero-order chi connectivity index (χ0) is 19.9. The van der Waals surface area contributed by atoms with E-state index in [0.29, 0.717) is 40.9 Å². The zero-order valence-corrected chi connectivity index (χ0v) is 16.3. The molecule has 0 aliphatic carbocycles. The third kappa shape index (κ3) is 4.48. The van der Waals surface area contributed by atoms with Crippen LogP contribution in [0.1, 0.15) is 23.2 Å². The fourth-order valence-corrected chi connectivity index (χ4v) is 3.09. The Morgan fingerprint density at radius 2 is 1.79 bits per heavy atom. The molecule has 0 saturated carbocycles. The summed E-state index contributed by atoms with van der Waals surface area (Å²) in [5, 5.41) is 2.86. The van der Waals surface area contributed by atoms with Gasteiger partial charge in [-0.25, -0.2) is 0 Å². The van der Waals surface area contributed by atoms with E-state index < -0.39 is 0 Å². The van der Waals surface area contributed by atoms with Crippen LogP contribution >= 0.6 is 0 Å². The summed E-state index contributed by atoms with van der Waals surface area (Å²) < 4.78 is 27.4. The predicted octanol–water partition coefficient (Wildman–Crippen LogP) is 3.52. The Kier molecular flexibility index (Phi) is 6.60. The number of anilines is 1. The van der Waals surface area contributed by atoms with E-state index in [1.807, 2.05) is 6.07 Å². The number of hydrogen-bond donors (Lipinski definition) is 1. The Balaban J connectivity index is 1.77. The SMILES string of the molecule is COc1cc(NC(=O)c2ccccc2OCC2CCCO2)cc(OC)c1OC. The van der Waals surface area contributed by atoms with Gasteiger partial charge in [-0.05, 0) is 25.0 Å². The first-order chi connectivity index (χ1) is 13.7. The Morgan fingerprint density at radius 3 is 2.39 bits per heavy atom. The number of carbonyl (C=O) groups excluding carboxylic acids is 1. The number of hydrogen-bond acceptors (Lipinski definition) is 6. The number of methoxy groups -OCH3 is 3. The van der Waals surface area contributed by atoms with Crippen LogP contribution in [-0.2, 0) is 4.74 Å². The van der Waals surface area contributed by atoms with Crippen LogP contribution in [0.25, 0.3) is 0 Å². The highest BCUT2D eigenvalue weighted by Gasteiger charge is 2.19. The van der Waals surface area contributed by atoms with Crippen molar-refractivity contribution < 1.29 is 28.5 Å². The van der Waals surface area contributed by atoms with E-state index in [1.54, 1.807) is 30.3 Å². The molecule has 1 aliphatic rings. The van der Waals surface area contributed by atoms with Crippen molar-refractivity contribution in [2.24, 2.45) is 0 Å². The first-order valence-corrected chi connectivity index (χ1v) is 9.11. The molecule has 1 atom stereocenters. The van der Waals surface area contributed by atoms with Crippen LogP contribution in [-0.4, -0.2) is 46.6 Å². The van der Waals surface area contributed by atoms with E-state index in [-0.39, 0.29) is 12.0 Å². The number of rotatable bonds is 8. The van der Waals surface area contributed by atoms with Gasteiger partial charge in [-0.1, -0.05) is 12.1 Å². The van der Waals surface area contributed by atoms with Crippen molar-refractivity contribution in [2.45, 2.75) is 18.9 Å². The molecule has 1 fully saturated rings. The number of ether oxygens (including phenoxy) is 5. The first-order valence-electron chi connectivity index (χ1n) is 9.11. The van der Waals surface area contributed by atoms with Gasteiger partial charge in [0, 0.05) is 24.4 Å². The van der Waals surface area contributed by atoms with Crippen molar-refractivity contribution in [3.05, 3.63) is 42.0 Å². The molecule has 0 aromatic heterocycles. The van der Waals surface area contributed by atoms with Crippen molar-refractivity contribution in [3.8, 4) is 23.0 Å². The van der Waals surface area contributed by atoms with Crippen LogP contribution in [0.15, 0.2) is 36.4 Å². The maximum atomic E-state index is 12.8. The Hall–Kier alpha value is -2.93. The van der Waals surface area contributed by atoms with E-state index in [4.69, 9.17) is 23.7 Å². The van der Waals surface area contributed by atoms with Gasteiger partial charge in [0.15, 0.2) is 11.5 Å². The summed E-state index contributed by atoms with van der Waals surface area (Å²) >= 11 is 0. The zero-order valence-electron chi connectivity index (χ0n) is 16.3. The molecule has 1 saturated heterocycles. The average molecular weight is 387 g/mol. The van der Waals surface area contributed by atoms with E-state index >= 15 is 0 Å². The van der Waals surface area contributed by atoms with Gasteiger partial charge >= 0.3 is 0 Å². The predicted molar refractivity (Wildman–Crippen MR) is 105 cm³/mol. The molecule has 1 aliphatic heterocycles. The molecule has 1 heterocycles. The largest absolute Gasteiger partial charge is 0.493 e. The topological polar surface area (TPSA) is 75.3 Å². The van der Waals surface area contributed by atoms with Crippen molar-refractivity contribution in [1.29, 1.82) is 0 Å². The summed E-state index contributed by atoms with van der Waals surface area (Å²) in [6.07, 6.45) is 2.09. The molecule has 0 spiro atoms. The number of carbonyl (C=O) groups is 1. The Bertz CT molecular complexity index is 791. The van der Waals surface area contributed by atoms with Gasteiger partial charge in [0.1, 0.15) is 12.4 Å². The molecule has 1 unspecified atom stereocenters. The molecule has 7 nitrogen and oxygen atoms in total. The summed E-state index contributed by atoms with van der Waals surface area (Å²) in [6.45, 7) is 1.19. The van der Waals surface area contributed by atoms with Crippen LogP contribution in [0.4, 0.5) is 5.69 Å². The number of para-hydroxylation sites is 1. The summed E-state index contributed by atoms with van der Waals surface area (Å²) in [7, 11) is 4.58. The Labute approximate surface area is 164 Å². The second-order valence-electron chi connectivity index (χ2n) is 6.31. The Morgan fingerprint density at radius 1 is 1.07 bits per heavy atom. The van der Waals surface area contributed by atoms with E-state index in [0.717, 1.165) is 19.4 Å². The summed E-state index contributed by atoms with van der Waals surface area (Å²) in [5.41, 5.74) is 0.961. The number of nitrogens with one attached hydrogen (secondary N) is 1. The van der Waals surface area contributed by atoms with E-state index in [9.17, 15) is 4.79 Å². The third-order valence-corrected chi connectivity index (χ3v) is 4.50. The van der Waals surface area contributed by atoms with Crippen LogP contribution in [0.2, 0.25) is 0 Å². The molecule has 28 heavy (non-hydrogen) atoms. The molecular formula is C21H25NO6. The van der Waals surface area contributed by atoms with Gasteiger partial charge < -0.3 is 29.0 Å². The second kappa shape index (κ2) is 9.32. The van der Waals surface area contributed by atoms with Crippen LogP contribution in [0.5, 0.6) is 23.0 Å². The summed E-state index contributed by atoms with van der Waals surface area (Å²) in [6, 6.07) is 10.5. The lowest BCUT2D eigenvalue weighted by atomic mass is 10.1. The molecule has 2 aromatic rings. The van der Waals surface area contributed by atoms with Crippen molar-refractivity contribution in [3.63, 3.8) is 0 Å². The van der Waals surface area contributed by atoms with Gasteiger partial charge in [0.2, 0.25) is 5.75 Å². The molecule has 1 N–H and O–H groups in total. The lowest BCUT2D eigenvalue weighted by Crippen LogP contribution is -2.19. The number of amides is 1. The number of benzene rings is 2. The van der Waals surface area contributed by atoms with Crippen LogP contribution < -0.4 is 24.3 Å². The monoisotopic (exact) mass is 387 g/mol. The van der Waals surface area contributed by atoms with Crippen LogP contribution in [0, 0.1) is 0 Å². The molecule has 2 aromatic carbocycles. The second-order valence-corrected chi connectivity index (χ2v) is 6.31. The van der Waals surface area contributed by atoms with Gasteiger partial charge in [0.05, 0.1) is 33.0 Å². The fraction of sp³-hybridized carbons (Fsp3) is 0.381. The lowest BCUT2D eigenvalue weighted by Gasteiger charge is -2.16. The van der Waals surface area contributed by atoms with Crippen molar-refractivity contribution >= 4 is 11.6 Å². The molecule has 7 heteroatoms. The van der Waals surface area contributed by atoms with Gasteiger partial charge in [-0.2, -0.15) is 0 Å². The standard InChI is InChI=1S/C21H25NO6/c1-24-18-11-14(12-19(25-2)20(18)26-3)22-21(23)16-8-4-5-9-17(16)28-13-15-7-6-10-27-15/h4-5,8-9,11-12,15H,6-7,10,13H2,1-3H3,(H,22,23). The highest BCUT2D eigenvalue weighted by molar-refractivity contribution is 6.06. The fourth-order valence-electron chi connectivity index (χ4n) is 3.09.